The fourth-order valence-electron chi connectivity index (χ4n) is 5.28. The molecule has 3 aromatic rings. The Bertz CT molecular complexity index is 1190. The van der Waals surface area contributed by atoms with Gasteiger partial charge >= 0.3 is 6.09 Å². The minimum Gasteiger partial charge on any atom is -0.443 e. The van der Waals surface area contributed by atoms with E-state index in [1.807, 2.05) is 52.3 Å². The molecule has 2 fully saturated rings. The van der Waals surface area contributed by atoms with Crippen molar-refractivity contribution in [3.63, 3.8) is 0 Å². The highest BCUT2D eigenvalue weighted by Crippen LogP contribution is 2.44. The highest BCUT2D eigenvalue weighted by Gasteiger charge is 2.50. The summed E-state index contributed by atoms with van der Waals surface area (Å²) in [5.74, 6) is 0.458. The second-order valence-electron chi connectivity index (χ2n) is 8.80. The third-order valence-corrected chi connectivity index (χ3v) is 6.88. The summed E-state index contributed by atoms with van der Waals surface area (Å²) in [7, 11) is 0. The molecular formula is C24H24N6O3. The molecule has 1 aliphatic carbocycles. The first kappa shape index (κ1) is 19.9. The van der Waals surface area contributed by atoms with E-state index in [1.54, 1.807) is 0 Å². The lowest BCUT2D eigenvalue weighted by Crippen LogP contribution is -2.48. The van der Waals surface area contributed by atoms with Crippen LogP contribution in [0.2, 0.25) is 0 Å². The molecular weight excluding hydrogens is 420 g/mol. The topological polar surface area (TPSA) is 93.5 Å². The van der Waals surface area contributed by atoms with Crippen LogP contribution in [0.4, 0.5) is 4.79 Å². The van der Waals surface area contributed by atoms with Gasteiger partial charge in [-0.1, -0.05) is 54.6 Å². The van der Waals surface area contributed by atoms with E-state index in [0.29, 0.717) is 18.9 Å². The van der Waals surface area contributed by atoms with Crippen molar-refractivity contribution in [1.29, 1.82) is 0 Å². The molecule has 0 N–H and O–H groups in total. The number of piperidine rings is 1. The molecule has 2 aliphatic heterocycles. The van der Waals surface area contributed by atoms with Crippen LogP contribution in [-0.4, -0.2) is 67.2 Å². The van der Waals surface area contributed by atoms with E-state index in [2.05, 4.69) is 27.5 Å². The maximum absolute atomic E-state index is 12.8. The molecule has 6 rings (SSSR count). The smallest absolute Gasteiger partial charge is 0.411 e. The molecule has 2 atom stereocenters. The molecule has 0 bridgehead atoms. The molecule has 2 amide bonds. The normalized spacial score (nSPS) is 22.2. The lowest BCUT2D eigenvalue weighted by atomic mass is 9.99. The highest BCUT2D eigenvalue weighted by atomic mass is 16.6. The zero-order valence-corrected chi connectivity index (χ0v) is 18.1. The van der Waals surface area contributed by atoms with Crippen molar-refractivity contribution in [2.24, 2.45) is 0 Å². The number of aromatic nitrogens is 4. The maximum atomic E-state index is 12.8. The van der Waals surface area contributed by atoms with Crippen LogP contribution in [0.15, 0.2) is 54.6 Å². The van der Waals surface area contributed by atoms with Crippen LogP contribution in [0.1, 0.15) is 30.0 Å². The molecule has 3 aliphatic rings. The third kappa shape index (κ3) is 3.53. The van der Waals surface area contributed by atoms with Crippen LogP contribution in [0.25, 0.3) is 11.4 Å². The number of amides is 2. The molecule has 9 heteroatoms. The summed E-state index contributed by atoms with van der Waals surface area (Å²) >= 11 is 0. The Morgan fingerprint density at radius 1 is 1.03 bits per heavy atom. The number of hydrogen-bond acceptors (Lipinski definition) is 6. The number of likely N-dealkylation sites (tertiary alicyclic amines) is 1. The predicted molar refractivity (Wildman–Crippen MR) is 118 cm³/mol. The minimum atomic E-state index is -0.232. The van der Waals surface area contributed by atoms with Crippen molar-refractivity contribution in [3.8, 4) is 11.4 Å². The van der Waals surface area contributed by atoms with Gasteiger partial charge in [0.25, 0.3) is 0 Å². The van der Waals surface area contributed by atoms with Crippen LogP contribution in [0.3, 0.4) is 0 Å². The SMILES string of the molecule is O=C(Cn1nnc(-c2ccccc2)n1)N1CCC(N2C(=O)OC3Cc4ccccc4C32)CC1. The van der Waals surface area contributed by atoms with Gasteiger partial charge in [-0.25, -0.2) is 4.79 Å². The van der Waals surface area contributed by atoms with E-state index in [4.69, 9.17) is 4.74 Å². The Morgan fingerprint density at radius 2 is 1.79 bits per heavy atom. The van der Waals surface area contributed by atoms with Gasteiger partial charge in [0.15, 0.2) is 0 Å². The van der Waals surface area contributed by atoms with E-state index in [1.165, 1.54) is 15.9 Å². The molecule has 2 unspecified atom stereocenters. The quantitative estimate of drug-likeness (QED) is 0.614. The molecule has 0 spiro atoms. The molecule has 2 saturated heterocycles. The van der Waals surface area contributed by atoms with E-state index in [9.17, 15) is 9.59 Å². The van der Waals surface area contributed by atoms with Crippen molar-refractivity contribution in [2.45, 2.75) is 44.0 Å². The number of tetrazole rings is 1. The lowest BCUT2D eigenvalue weighted by molar-refractivity contribution is -0.133. The number of ether oxygens (including phenoxy) is 1. The van der Waals surface area contributed by atoms with Gasteiger partial charge in [-0.2, -0.15) is 4.80 Å². The first-order valence-corrected chi connectivity index (χ1v) is 11.3. The summed E-state index contributed by atoms with van der Waals surface area (Å²) in [5.41, 5.74) is 3.31. The average molecular weight is 444 g/mol. The van der Waals surface area contributed by atoms with Gasteiger partial charge < -0.3 is 9.64 Å². The fourth-order valence-corrected chi connectivity index (χ4v) is 5.28. The predicted octanol–water partition coefficient (Wildman–Crippen LogP) is 2.45. The molecule has 2 aromatic carbocycles. The first-order chi connectivity index (χ1) is 16.2. The molecule has 33 heavy (non-hydrogen) atoms. The monoisotopic (exact) mass is 444 g/mol. The largest absolute Gasteiger partial charge is 0.443 e. The second-order valence-corrected chi connectivity index (χ2v) is 8.80. The van der Waals surface area contributed by atoms with Crippen molar-refractivity contribution >= 4 is 12.0 Å². The number of benzene rings is 2. The van der Waals surface area contributed by atoms with Crippen molar-refractivity contribution in [3.05, 3.63) is 65.7 Å². The van der Waals surface area contributed by atoms with Gasteiger partial charge in [-0.05, 0) is 29.2 Å². The Balaban J connectivity index is 1.09. The summed E-state index contributed by atoms with van der Waals surface area (Å²) < 4.78 is 5.71. The van der Waals surface area contributed by atoms with Gasteiger partial charge in [0.2, 0.25) is 11.7 Å². The number of hydrogen-bond donors (Lipinski definition) is 0. The summed E-state index contributed by atoms with van der Waals surface area (Å²) in [6.07, 6.45) is 1.89. The van der Waals surface area contributed by atoms with Crippen LogP contribution in [0.5, 0.6) is 0 Å². The number of nitrogens with zero attached hydrogens (tertiary/aromatic N) is 6. The van der Waals surface area contributed by atoms with Crippen LogP contribution in [0, 0.1) is 0 Å². The van der Waals surface area contributed by atoms with Crippen molar-refractivity contribution < 1.29 is 14.3 Å². The summed E-state index contributed by atoms with van der Waals surface area (Å²) in [5, 5.41) is 12.4. The third-order valence-electron chi connectivity index (χ3n) is 6.88. The summed E-state index contributed by atoms with van der Waals surface area (Å²) in [4.78, 5) is 30.6. The molecule has 0 saturated carbocycles. The fraction of sp³-hybridized carbons (Fsp3) is 0.375. The Morgan fingerprint density at radius 3 is 2.61 bits per heavy atom. The first-order valence-electron chi connectivity index (χ1n) is 11.3. The summed E-state index contributed by atoms with van der Waals surface area (Å²) in [6.45, 7) is 1.23. The maximum Gasteiger partial charge on any atom is 0.411 e. The van der Waals surface area contributed by atoms with Crippen LogP contribution >= 0.6 is 0 Å². The Hall–Kier alpha value is -3.75. The van der Waals surface area contributed by atoms with Gasteiger partial charge in [0.05, 0.1) is 6.04 Å². The number of carbonyl (C=O) groups is 2. The molecule has 168 valence electrons. The highest BCUT2D eigenvalue weighted by molar-refractivity contribution is 5.76. The van der Waals surface area contributed by atoms with Crippen molar-refractivity contribution in [1.82, 2.24) is 30.0 Å². The van der Waals surface area contributed by atoms with Gasteiger partial charge in [0, 0.05) is 31.1 Å². The van der Waals surface area contributed by atoms with Crippen LogP contribution in [-0.2, 0) is 22.5 Å². The zero-order valence-electron chi connectivity index (χ0n) is 18.1. The van der Waals surface area contributed by atoms with E-state index in [-0.39, 0.29) is 36.7 Å². The van der Waals surface area contributed by atoms with Gasteiger partial charge in [-0.15, -0.1) is 10.2 Å². The zero-order chi connectivity index (χ0) is 22.4. The van der Waals surface area contributed by atoms with Gasteiger partial charge in [-0.3, -0.25) is 9.69 Å². The molecule has 3 heterocycles. The minimum absolute atomic E-state index is 0.0169. The summed E-state index contributed by atoms with van der Waals surface area (Å²) in [6, 6.07) is 17.9. The Labute approximate surface area is 190 Å². The number of rotatable bonds is 4. The molecule has 1 aromatic heterocycles. The number of fused-ring (bicyclic) bond motifs is 3. The lowest BCUT2D eigenvalue weighted by Gasteiger charge is -2.37. The van der Waals surface area contributed by atoms with E-state index < -0.39 is 0 Å². The van der Waals surface area contributed by atoms with Crippen LogP contribution < -0.4 is 0 Å². The Kier molecular flexibility index (Phi) is 4.82. The van der Waals surface area contributed by atoms with E-state index in [0.717, 1.165) is 24.8 Å². The standard InChI is InChI=1S/C24H24N6O3/c31-21(15-29-26-23(25-27-29)16-6-2-1-3-7-16)28-12-10-18(11-13-28)30-22-19-9-5-4-8-17(19)14-20(22)33-24(30)32/h1-9,18,20,22H,10-15H2. The molecule has 9 nitrogen and oxygen atoms in total. The second kappa shape index (κ2) is 7.99. The van der Waals surface area contributed by atoms with Crippen molar-refractivity contribution in [2.75, 3.05) is 13.1 Å². The van der Waals surface area contributed by atoms with E-state index >= 15 is 0 Å². The average Bonchev–Trinajstić information content (AvgIpc) is 3.53. The van der Waals surface area contributed by atoms with Gasteiger partial charge in [0.1, 0.15) is 12.6 Å². The number of carbonyl (C=O) groups excluding carboxylic acids is 2. The molecule has 0 radical (unpaired) electrons.